The lowest BCUT2D eigenvalue weighted by Gasteiger charge is -2.37. The number of likely N-dealkylation sites (tertiary alicyclic amines) is 1. The SMILES string of the molecule is CC1CN(Cc2c(F)cc(-c3cccn4nc(NC(=O)C5CC5)nc34)cc2F)C1. The van der Waals surface area contributed by atoms with Crippen molar-refractivity contribution in [1.82, 2.24) is 19.5 Å². The van der Waals surface area contributed by atoms with E-state index >= 15 is 0 Å². The van der Waals surface area contributed by atoms with Crippen molar-refractivity contribution in [2.75, 3.05) is 18.4 Å². The molecule has 2 fully saturated rings. The van der Waals surface area contributed by atoms with Crippen LogP contribution < -0.4 is 5.32 Å². The smallest absolute Gasteiger partial charge is 0.249 e. The quantitative estimate of drug-likeness (QED) is 0.716. The van der Waals surface area contributed by atoms with Gasteiger partial charge in [-0.15, -0.1) is 5.10 Å². The third-order valence-corrected chi connectivity index (χ3v) is 5.52. The summed E-state index contributed by atoms with van der Waals surface area (Å²) < 4.78 is 30.9. The number of benzene rings is 1. The van der Waals surface area contributed by atoms with Crippen LogP contribution in [-0.2, 0) is 11.3 Å². The van der Waals surface area contributed by atoms with Gasteiger partial charge in [0.05, 0.1) is 0 Å². The minimum Gasteiger partial charge on any atom is -0.298 e. The molecule has 0 bridgehead atoms. The highest BCUT2D eigenvalue weighted by Gasteiger charge is 2.30. The highest BCUT2D eigenvalue weighted by atomic mass is 19.1. The van der Waals surface area contributed by atoms with Crippen LogP contribution in [0.15, 0.2) is 30.5 Å². The van der Waals surface area contributed by atoms with Gasteiger partial charge in [0.2, 0.25) is 11.9 Å². The fraction of sp³-hybridized carbons (Fsp3) is 0.381. The van der Waals surface area contributed by atoms with E-state index in [1.807, 2.05) is 4.90 Å². The summed E-state index contributed by atoms with van der Waals surface area (Å²) in [6, 6.07) is 6.15. The van der Waals surface area contributed by atoms with E-state index in [4.69, 9.17) is 0 Å². The maximum absolute atomic E-state index is 14.7. The molecular weight excluding hydrogens is 376 g/mol. The molecule has 150 valence electrons. The van der Waals surface area contributed by atoms with Crippen LogP contribution in [0.25, 0.3) is 16.8 Å². The second-order valence-electron chi connectivity index (χ2n) is 8.11. The van der Waals surface area contributed by atoms with Gasteiger partial charge in [-0.05, 0) is 48.6 Å². The van der Waals surface area contributed by atoms with Crippen LogP contribution in [0.3, 0.4) is 0 Å². The standard InChI is InChI=1S/C21H21F2N5O/c1-12-9-27(10-12)11-16-17(22)7-14(8-18(16)23)15-3-2-6-28-19(15)24-21(26-28)25-20(29)13-4-5-13/h2-3,6-8,12-13H,4-5,9-11H2,1H3,(H,25,26,29). The van der Waals surface area contributed by atoms with Gasteiger partial charge in [-0.1, -0.05) is 6.92 Å². The summed E-state index contributed by atoms with van der Waals surface area (Å²) in [5, 5.41) is 6.96. The fourth-order valence-corrected chi connectivity index (χ4v) is 3.83. The van der Waals surface area contributed by atoms with Crippen molar-refractivity contribution < 1.29 is 13.6 Å². The largest absolute Gasteiger partial charge is 0.298 e. The fourth-order valence-electron chi connectivity index (χ4n) is 3.83. The predicted octanol–water partition coefficient (Wildman–Crippen LogP) is 3.47. The van der Waals surface area contributed by atoms with E-state index in [0.29, 0.717) is 22.7 Å². The molecule has 3 heterocycles. The summed E-state index contributed by atoms with van der Waals surface area (Å²) in [5.74, 6) is -0.429. The number of carbonyl (C=O) groups is 1. The lowest BCUT2D eigenvalue weighted by molar-refractivity contribution is -0.117. The lowest BCUT2D eigenvalue weighted by Crippen LogP contribution is -2.44. The van der Waals surface area contributed by atoms with Gasteiger partial charge in [-0.2, -0.15) is 4.98 Å². The first-order valence-corrected chi connectivity index (χ1v) is 9.85. The summed E-state index contributed by atoms with van der Waals surface area (Å²) in [6.07, 6.45) is 3.45. The number of hydrogen-bond acceptors (Lipinski definition) is 4. The van der Waals surface area contributed by atoms with Crippen molar-refractivity contribution in [2.24, 2.45) is 11.8 Å². The molecule has 2 aliphatic rings. The normalized spacial score (nSPS) is 17.5. The number of pyridine rings is 1. The summed E-state index contributed by atoms with van der Waals surface area (Å²) in [5.41, 5.74) is 1.46. The number of aromatic nitrogens is 3. The number of nitrogens with one attached hydrogen (secondary N) is 1. The Morgan fingerprint density at radius 3 is 2.62 bits per heavy atom. The van der Waals surface area contributed by atoms with Crippen molar-refractivity contribution in [1.29, 1.82) is 0 Å². The molecule has 1 amide bonds. The minimum atomic E-state index is -0.566. The summed E-state index contributed by atoms with van der Waals surface area (Å²) in [7, 11) is 0. The first-order chi connectivity index (χ1) is 14.0. The molecule has 3 aromatic rings. The molecule has 0 atom stereocenters. The molecule has 1 saturated heterocycles. The Morgan fingerprint density at radius 1 is 1.24 bits per heavy atom. The molecule has 29 heavy (non-hydrogen) atoms. The lowest BCUT2D eigenvalue weighted by atomic mass is 9.99. The first-order valence-electron chi connectivity index (χ1n) is 9.85. The van der Waals surface area contributed by atoms with Gasteiger partial charge in [0.1, 0.15) is 11.6 Å². The molecule has 6 nitrogen and oxygen atoms in total. The third-order valence-electron chi connectivity index (χ3n) is 5.52. The molecule has 0 unspecified atom stereocenters. The minimum absolute atomic E-state index is 0.0335. The van der Waals surface area contributed by atoms with E-state index in [2.05, 4.69) is 22.3 Å². The molecule has 8 heteroatoms. The van der Waals surface area contributed by atoms with Gasteiger partial charge in [0.15, 0.2) is 5.65 Å². The van der Waals surface area contributed by atoms with Gasteiger partial charge in [0, 0.05) is 42.9 Å². The topological polar surface area (TPSA) is 62.5 Å². The van der Waals surface area contributed by atoms with E-state index in [-0.39, 0.29) is 29.9 Å². The Kier molecular flexibility index (Phi) is 4.31. The maximum atomic E-state index is 14.7. The molecule has 1 aliphatic carbocycles. The average Bonchev–Trinajstić information content (AvgIpc) is 3.42. The number of nitrogens with zero attached hydrogens (tertiary/aromatic N) is 4. The van der Waals surface area contributed by atoms with Crippen LogP contribution in [0.4, 0.5) is 14.7 Å². The van der Waals surface area contributed by atoms with Crippen molar-refractivity contribution >= 4 is 17.5 Å². The summed E-state index contributed by atoms with van der Waals surface area (Å²) in [6.45, 7) is 4.10. The van der Waals surface area contributed by atoms with E-state index in [1.165, 1.54) is 16.6 Å². The molecular formula is C21H21F2N5O. The number of halogens is 2. The zero-order valence-corrected chi connectivity index (χ0v) is 16.0. The van der Waals surface area contributed by atoms with E-state index in [1.54, 1.807) is 18.3 Å². The number of fused-ring (bicyclic) bond motifs is 1. The van der Waals surface area contributed by atoms with Gasteiger partial charge in [-0.3, -0.25) is 15.0 Å². The van der Waals surface area contributed by atoms with Crippen LogP contribution in [0.2, 0.25) is 0 Å². The summed E-state index contributed by atoms with van der Waals surface area (Å²) >= 11 is 0. The monoisotopic (exact) mass is 397 g/mol. The van der Waals surface area contributed by atoms with Crippen LogP contribution in [0, 0.1) is 23.5 Å². The highest BCUT2D eigenvalue weighted by molar-refractivity contribution is 5.93. The number of amides is 1. The molecule has 1 aliphatic heterocycles. The molecule has 5 rings (SSSR count). The Hall–Kier alpha value is -2.87. The number of carbonyl (C=O) groups excluding carboxylic acids is 1. The second kappa shape index (κ2) is 6.88. The van der Waals surface area contributed by atoms with Crippen molar-refractivity contribution in [3.05, 3.63) is 47.7 Å². The Morgan fingerprint density at radius 2 is 1.97 bits per heavy atom. The summed E-state index contributed by atoms with van der Waals surface area (Å²) in [4.78, 5) is 18.4. The molecule has 1 N–H and O–H groups in total. The highest BCUT2D eigenvalue weighted by Crippen LogP contribution is 2.31. The number of hydrogen-bond donors (Lipinski definition) is 1. The average molecular weight is 397 g/mol. The van der Waals surface area contributed by atoms with E-state index in [0.717, 1.165) is 25.9 Å². The predicted molar refractivity (Wildman–Crippen MR) is 104 cm³/mol. The number of rotatable bonds is 5. The molecule has 1 aromatic carbocycles. The molecule has 0 radical (unpaired) electrons. The Labute approximate surface area is 166 Å². The first kappa shape index (κ1) is 18.2. The maximum Gasteiger partial charge on any atom is 0.249 e. The Balaban J connectivity index is 1.46. The third kappa shape index (κ3) is 3.48. The molecule has 0 spiro atoms. The Bertz CT molecular complexity index is 1080. The molecule has 2 aromatic heterocycles. The van der Waals surface area contributed by atoms with Crippen LogP contribution >= 0.6 is 0 Å². The molecule has 1 saturated carbocycles. The zero-order valence-electron chi connectivity index (χ0n) is 16.0. The van der Waals surface area contributed by atoms with Gasteiger partial charge in [0.25, 0.3) is 0 Å². The van der Waals surface area contributed by atoms with E-state index < -0.39 is 11.6 Å². The van der Waals surface area contributed by atoms with Crippen LogP contribution in [0.5, 0.6) is 0 Å². The van der Waals surface area contributed by atoms with Gasteiger partial charge >= 0.3 is 0 Å². The van der Waals surface area contributed by atoms with Crippen LogP contribution in [0.1, 0.15) is 25.3 Å². The van der Waals surface area contributed by atoms with E-state index in [9.17, 15) is 13.6 Å². The number of anilines is 1. The van der Waals surface area contributed by atoms with Crippen molar-refractivity contribution in [3.63, 3.8) is 0 Å². The van der Waals surface area contributed by atoms with Gasteiger partial charge in [-0.25, -0.2) is 13.3 Å². The van der Waals surface area contributed by atoms with Crippen molar-refractivity contribution in [2.45, 2.75) is 26.3 Å². The second-order valence-corrected chi connectivity index (χ2v) is 8.11. The van der Waals surface area contributed by atoms with Gasteiger partial charge < -0.3 is 0 Å². The van der Waals surface area contributed by atoms with Crippen molar-refractivity contribution in [3.8, 4) is 11.1 Å². The zero-order chi connectivity index (χ0) is 20.1. The van der Waals surface area contributed by atoms with Crippen LogP contribution in [-0.4, -0.2) is 38.5 Å².